The van der Waals surface area contributed by atoms with Crippen LogP contribution in [0.2, 0.25) is 5.02 Å². The predicted molar refractivity (Wildman–Crippen MR) is 100 cm³/mol. The second kappa shape index (κ2) is 7.80. The number of amides is 1. The minimum atomic E-state index is 0.0159. The van der Waals surface area contributed by atoms with Crippen LogP contribution < -0.4 is 10.2 Å². The summed E-state index contributed by atoms with van der Waals surface area (Å²) in [7, 11) is 0. The van der Waals surface area contributed by atoms with E-state index in [1.807, 2.05) is 32.0 Å². The van der Waals surface area contributed by atoms with Crippen molar-refractivity contribution in [3.05, 3.63) is 46.9 Å². The second-order valence-electron chi connectivity index (χ2n) is 6.25. The standard InChI is InChI=1S/C18H22ClN5O/c1-13-4-3-5-16(14(13)2)22-17(25)11-23-6-8-24(9-7-23)18-15(19)10-20-12-21-18/h3-5,10,12H,6-9,11H2,1-2H3,(H,22,25). The average Bonchev–Trinajstić information content (AvgIpc) is 2.60. The number of carbonyl (C=O) groups excluding carboxylic acids is 1. The molecule has 0 unspecified atom stereocenters. The van der Waals surface area contributed by atoms with E-state index in [1.54, 1.807) is 6.20 Å². The van der Waals surface area contributed by atoms with E-state index in [1.165, 1.54) is 11.9 Å². The van der Waals surface area contributed by atoms with Crippen molar-refractivity contribution in [3.63, 3.8) is 0 Å². The van der Waals surface area contributed by atoms with Crippen LogP contribution in [-0.4, -0.2) is 53.5 Å². The van der Waals surface area contributed by atoms with Gasteiger partial charge in [0.2, 0.25) is 5.91 Å². The quantitative estimate of drug-likeness (QED) is 0.908. The fourth-order valence-electron chi connectivity index (χ4n) is 2.94. The lowest BCUT2D eigenvalue weighted by atomic mass is 10.1. The summed E-state index contributed by atoms with van der Waals surface area (Å²) >= 11 is 6.15. The molecule has 1 N–H and O–H groups in total. The number of piperazine rings is 1. The van der Waals surface area contributed by atoms with Crippen molar-refractivity contribution in [3.8, 4) is 0 Å². The molecule has 25 heavy (non-hydrogen) atoms. The topological polar surface area (TPSA) is 61.4 Å². The smallest absolute Gasteiger partial charge is 0.238 e. The van der Waals surface area contributed by atoms with Gasteiger partial charge in [-0.1, -0.05) is 23.7 Å². The highest BCUT2D eigenvalue weighted by Gasteiger charge is 2.21. The van der Waals surface area contributed by atoms with Gasteiger partial charge in [0.1, 0.15) is 11.3 Å². The molecule has 1 fully saturated rings. The van der Waals surface area contributed by atoms with Crippen LogP contribution in [0.4, 0.5) is 11.5 Å². The Morgan fingerprint density at radius 1 is 1.24 bits per heavy atom. The molecule has 7 heteroatoms. The van der Waals surface area contributed by atoms with Gasteiger partial charge >= 0.3 is 0 Å². The molecule has 0 atom stereocenters. The summed E-state index contributed by atoms with van der Waals surface area (Å²) in [6, 6.07) is 5.94. The Bertz CT molecular complexity index is 759. The molecule has 1 saturated heterocycles. The highest BCUT2D eigenvalue weighted by molar-refractivity contribution is 6.32. The third kappa shape index (κ3) is 4.27. The number of halogens is 1. The lowest BCUT2D eigenvalue weighted by molar-refractivity contribution is -0.117. The summed E-state index contributed by atoms with van der Waals surface area (Å²) in [6.07, 6.45) is 3.11. The van der Waals surface area contributed by atoms with Gasteiger partial charge in [-0.3, -0.25) is 9.69 Å². The molecule has 1 aromatic carbocycles. The summed E-state index contributed by atoms with van der Waals surface area (Å²) in [5, 5.41) is 3.57. The maximum atomic E-state index is 12.3. The van der Waals surface area contributed by atoms with E-state index in [2.05, 4.69) is 25.1 Å². The zero-order valence-electron chi connectivity index (χ0n) is 14.5. The van der Waals surface area contributed by atoms with Crippen LogP contribution in [0, 0.1) is 13.8 Å². The summed E-state index contributed by atoms with van der Waals surface area (Å²) < 4.78 is 0. The zero-order chi connectivity index (χ0) is 17.8. The largest absolute Gasteiger partial charge is 0.353 e. The summed E-state index contributed by atoms with van der Waals surface area (Å²) in [5.41, 5.74) is 3.17. The summed E-state index contributed by atoms with van der Waals surface area (Å²) in [4.78, 5) is 24.8. The number of nitrogens with zero attached hydrogens (tertiary/aromatic N) is 4. The van der Waals surface area contributed by atoms with Crippen LogP contribution in [0.1, 0.15) is 11.1 Å². The van der Waals surface area contributed by atoms with Gasteiger partial charge in [-0.2, -0.15) is 0 Å². The van der Waals surface area contributed by atoms with Gasteiger partial charge in [0, 0.05) is 31.9 Å². The maximum absolute atomic E-state index is 12.3. The van der Waals surface area contributed by atoms with E-state index >= 15 is 0 Å². The third-order valence-corrected chi connectivity index (χ3v) is 4.83. The van der Waals surface area contributed by atoms with E-state index in [0.717, 1.165) is 43.2 Å². The molecule has 1 aromatic heterocycles. The van der Waals surface area contributed by atoms with Crippen LogP contribution in [0.5, 0.6) is 0 Å². The maximum Gasteiger partial charge on any atom is 0.238 e. The number of aromatic nitrogens is 2. The van der Waals surface area contributed by atoms with Crippen LogP contribution in [0.25, 0.3) is 0 Å². The van der Waals surface area contributed by atoms with Crippen molar-refractivity contribution in [1.82, 2.24) is 14.9 Å². The van der Waals surface area contributed by atoms with Crippen molar-refractivity contribution in [2.45, 2.75) is 13.8 Å². The van der Waals surface area contributed by atoms with Crippen LogP contribution in [-0.2, 0) is 4.79 Å². The molecule has 2 aromatic rings. The van der Waals surface area contributed by atoms with Gasteiger partial charge in [0.25, 0.3) is 0 Å². The van der Waals surface area contributed by atoms with Crippen molar-refractivity contribution < 1.29 is 4.79 Å². The van der Waals surface area contributed by atoms with E-state index in [9.17, 15) is 4.79 Å². The Balaban J connectivity index is 1.53. The monoisotopic (exact) mass is 359 g/mol. The summed E-state index contributed by atoms with van der Waals surface area (Å²) in [6.45, 7) is 7.61. The lowest BCUT2D eigenvalue weighted by Crippen LogP contribution is -2.49. The molecular weight excluding hydrogens is 338 g/mol. The number of aryl methyl sites for hydroxylation is 1. The first kappa shape index (κ1) is 17.6. The second-order valence-corrected chi connectivity index (χ2v) is 6.66. The fraction of sp³-hybridized carbons (Fsp3) is 0.389. The Hall–Kier alpha value is -2.18. The van der Waals surface area contributed by atoms with Gasteiger partial charge in [0.15, 0.2) is 5.82 Å². The Morgan fingerprint density at radius 2 is 2.00 bits per heavy atom. The fourth-order valence-corrected chi connectivity index (χ4v) is 3.16. The number of carbonyl (C=O) groups is 1. The molecule has 1 aliphatic rings. The molecule has 1 aliphatic heterocycles. The molecule has 0 bridgehead atoms. The van der Waals surface area contributed by atoms with Gasteiger partial charge in [0.05, 0.1) is 12.7 Å². The molecular formula is C18H22ClN5O. The number of anilines is 2. The molecule has 1 amide bonds. The Kier molecular flexibility index (Phi) is 5.50. The van der Waals surface area contributed by atoms with E-state index < -0.39 is 0 Å². The Morgan fingerprint density at radius 3 is 2.72 bits per heavy atom. The summed E-state index contributed by atoms with van der Waals surface area (Å²) in [5.74, 6) is 0.776. The SMILES string of the molecule is Cc1cccc(NC(=O)CN2CCN(c3ncncc3Cl)CC2)c1C. The van der Waals surface area contributed by atoms with Crippen LogP contribution >= 0.6 is 11.6 Å². The molecule has 0 radical (unpaired) electrons. The van der Waals surface area contributed by atoms with Gasteiger partial charge in [-0.05, 0) is 31.0 Å². The van der Waals surface area contributed by atoms with Crippen molar-refractivity contribution >= 4 is 29.0 Å². The third-order valence-electron chi connectivity index (χ3n) is 4.57. The van der Waals surface area contributed by atoms with Crippen LogP contribution in [0.3, 0.4) is 0 Å². The molecule has 6 nitrogen and oxygen atoms in total. The molecule has 0 saturated carbocycles. The number of hydrogen-bond acceptors (Lipinski definition) is 5. The van der Waals surface area contributed by atoms with Crippen molar-refractivity contribution in [2.24, 2.45) is 0 Å². The van der Waals surface area contributed by atoms with E-state index in [-0.39, 0.29) is 5.91 Å². The van der Waals surface area contributed by atoms with E-state index in [0.29, 0.717) is 11.6 Å². The normalized spacial score (nSPS) is 15.2. The highest BCUT2D eigenvalue weighted by Crippen LogP contribution is 2.22. The van der Waals surface area contributed by atoms with Crippen LogP contribution in [0.15, 0.2) is 30.7 Å². The number of benzene rings is 1. The first-order valence-corrected chi connectivity index (χ1v) is 8.71. The predicted octanol–water partition coefficient (Wildman–Crippen LogP) is 2.51. The number of rotatable bonds is 4. The van der Waals surface area contributed by atoms with Crippen molar-refractivity contribution in [1.29, 1.82) is 0 Å². The van der Waals surface area contributed by atoms with E-state index in [4.69, 9.17) is 11.6 Å². The molecule has 0 spiro atoms. The van der Waals surface area contributed by atoms with Crippen molar-refractivity contribution in [2.75, 3.05) is 42.9 Å². The van der Waals surface area contributed by atoms with Gasteiger partial charge in [-0.25, -0.2) is 9.97 Å². The molecule has 3 rings (SSSR count). The number of hydrogen-bond donors (Lipinski definition) is 1. The van der Waals surface area contributed by atoms with Gasteiger partial charge in [-0.15, -0.1) is 0 Å². The Labute approximate surface area is 152 Å². The molecule has 2 heterocycles. The first-order valence-electron chi connectivity index (χ1n) is 8.33. The average molecular weight is 360 g/mol. The zero-order valence-corrected chi connectivity index (χ0v) is 15.3. The van der Waals surface area contributed by atoms with Gasteiger partial charge < -0.3 is 10.2 Å². The number of nitrogens with one attached hydrogen (secondary N) is 1. The highest BCUT2D eigenvalue weighted by atomic mass is 35.5. The minimum absolute atomic E-state index is 0.0159. The minimum Gasteiger partial charge on any atom is -0.353 e. The lowest BCUT2D eigenvalue weighted by Gasteiger charge is -2.35. The molecule has 132 valence electrons. The molecule has 0 aliphatic carbocycles. The first-order chi connectivity index (χ1) is 12.0.